The fourth-order valence-corrected chi connectivity index (χ4v) is 1.78. The summed E-state index contributed by atoms with van der Waals surface area (Å²) < 4.78 is 3.22. The third-order valence-corrected chi connectivity index (χ3v) is 2.83. The van der Waals surface area contributed by atoms with Gasteiger partial charge in [-0.05, 0) is 19.8 Å². The molecule has 1 rings (SSSR count). The highest BCUT2D eigenvalue weighted by Gasteiger charge is 2.31. The van der Waals surface area contributed by atoms with Crippen LogP contribution in [0.15, 0.2) is 0 Å². The average molecular weight is 333 g/mol. The highest BCUT2D eigenvalue weighted by Crippen LogP contribution is 2.26. The average Bonchev–Trinajstić information content (AvgIpc) is 2.34. The normalized spacial score (nSPS) is 21.9. The number of rotatable bonds is 3. The van der Waals surface area contributed by atoms with E-state index in [9.17, 15) is 9.59 Å². The van der Waals surface area contributed by atoms with Gasteiger partial charge in [0.05, 0.1) is 6.04 Å². The van der Waals surface area contributed by atoms with Crippen LogP contribution < -0.4 is 11.2 Å². The standard InChI is InChI=1S/C10H16Cl3N3O3/c1-6(14)8(17)16-4-2-3-7(15-16)9(18)19-5-10(11,12)13/h6-7,15H,2-5,14H2,1H3. The lowest BCUT2D eigenvalue weighted by Crippen LogP contribution is -2.58. The summed E-state index contributed by atoms with van der Waals surface area (Å²) in [5.74, 6) is -0.840. The number of halogens is 3. The van der Waals surface area contributed by atoms with Crippen LogP contribution in [0.1, 0.15) is 19.8 Å². The third-order valence-electron chi connectivity index (χ3n) is 2.50. The molecule has 0 aliphatic carbocycles. The van der Waals surface area contributed by atoms with Crippen LogP contribution in [0.5, 0.6) is 0 Å². The van der Waals surface area contributed by atoms with E-state index in [0.717, 1.165) is 0 Å². The number of nitrogens with two attached hydrogens (primary N) is 1. The quantitative estimate of drug-likeness (QED) is 0.588. The molecule has 0 radical (unpaired) electrons. The Labute approximate surface area is 126 Å². The molecule has 0 saturated carbocycles. The number of hydrazine groups is 1. The predicted octanol–water partition coefficient (Wildman–Crippen LogP) is 0.743. The summed E-state index contributed by atoms with van der Waals surface area (Å²) in [7, 11) is 0. The Morgan fingerprint density at radius 1 is 1.53 bits per heavy atom. The van der Waals surface area contributed by atoms with Crippen LogP contribution >= 0.6 is 34.8 Å². The third kappa shape index (κ3) is 5.71. The highest BCUT2D eigenvalue weighted by molar-refractivity contribution is 6.67. The van der Waals surface area contributed by atoms with Crippen LogP contribution in [-0.2, 0) is 14.3 Å². The van der Waals surface area contributed by atoms with Gasteiger partial charge in [0.15, 0.2) is 0 Å². The van der Waals surface area contributed by atoms with Crippen LogP contribution in [0.3, 0.4) is 0 Å². The van der Waals surface area contributed by atoms with Gasteiger partial charge in [0, 0.05) is 6.54 Å². The van der Waals surface area contributed by atoms with E-state index < -0.39 is 21.8 Å². The van der Waals surface area contributed by atoms with Crippen molar-refractivity contribution in [3.05, 3.63) is 0 Å². The van der Waals surface area contributed by atoms with Crippen LogP contribution in [0.2, 0.25) is 0 Å². The molecule has 110 valence electrons. The fourth-order valence-electron chi connectivity index (χ4n) is 1.61. The number of carbonyl (C=O) groups is 2. The molecular formula is C10H16Cl3N3O3. The number of hydrogen-bond donors (Lipinski definition) is 2. The van der Waals surface area contributed by atoms with Gasteiger partial charge in [-0.25, -0.2) is 5.43 Å². The van der Waals surface area contributed by atoms with Crippen molar-refractivity contribution in [3.8, 4) is 0 Å². The molecule has 0 aromatic rings. The molecule has 1 fully saturated rings. The van der Waals surface area contributed by atoms with Crippen molar-refractivity contribution in [2.24, 2.45) is 5.73 Å². The lowest BCUT2D eigenvalue weighted by atomic mass is 10.1. The highest BCUT2D eigenvalue weighted by atomic mass is 35.6. The molecule has 1 heterocycles. The summed E-state index contributed by atoms with van der Waals surface area (Å²) in [6.07, 6.45) is 1.21. The first-order valence-corrected chi connectivity index (χ1v) is 6.90. The molecule has 0 bridgehead atoms. The summed E-state index contributed by atoms with van der Waals surface area (Å²) >= 11 is 16.5. The molecule has 0 aromatic heterocycles. The van der Waals surface area contributed by atoms with Crippen molar-refractivity contribution in [2.45, 2.75) is 35.6 Å². The zero-order chi connectivity index (χ0) is 14.6. The molecule has 2 unspecified atom stereocenters. The molecule has 0 spiro atoms. The zero-order valence-electron chi connectivity index (χ0n) is 10.4. The molecule has 3 N–H and O–H groups in total. The lowest BCUT2D eigenvalue weighted by molar-refractivity contribution is -0.152. The van der Waals surface area contributed by atoms with Gasteiger partial charge in [0.2, 0.25) is 3.79 Å². The Morgan fingerprint density at radius 3 is 2.68 bits per heavy atom. The number of nitrogens with zero attached hydrogens (tertiary/aromatic N) is 1. The molecule has 6 nitrogen and oxygen atoms in total. The molecule has 0 aromatic carbocycles. The first-order valence-electron chi connectivity index (χ1n) is 5.77. The summed E-state index contributed by atoms with van der Waals surface area (Å²) in [6.45, 7) is 1.74. The lowest BCUT2D eigenvalue weighted by Gasteiger charge is -2.33. The van der Waals surface area contributed by atoms with E-state index in [1.807, 2.05) is 0 Å². The van der Waals surface area contributed by atoms with Gasteiger partial charge in [-0.1, -0.05) is 34.8 Å². The van der Waals surface area contributed by atoms with E-state index in [-0.39, 0.29) is 12.5 Å². The molecule has 2 atom stereocenters. The number of alkyl halides is 3. The van der Waals surface area contributed by atoms with E-state index in [4.69, 9.17) is 45.3 Å². The molecule has 1 aliphatic heterocycles. The molecular weight excluding hydrogens is 316 g/mol. The van der Waals surface area contributed by atoms with Crippen molar-refractivity contribution in [2.75, 3.05) is 13.2 Å². The van der Waals surface area contributed by atoms with E-state index >= 15 is 0 Å². The van der Waals surface area contributed by atoms with E-state index in [1.165, 1.54) is 5.01 Å². The smallest absolute Gasteiger partial charge is 0.325 e. The van der Waals surface area contributed by atoms with Crippen molar-refractivity contribution in [3.63, 3.8) is 0 Å². The number of ether oxygens (including phenoxy) is 1. The second-order valence-corrected chi connectivity index (χ2v) is 6.84. The summed E-state index contributed by atoms with van der Waals surface area (Å²) in [5, 5.41) is 1.33. The second kappa shape index (κ2) is 6.95. The van der Waals surface area contributed by atoms with Gasteiger partial charge in [-0.15, -0.1) is 0 Å². The number of esters is 1. The maximum atomic E-state index is 11.8. The Morgan fingerprint density at radius 2 is 2.16 bits per heavy atom. The zero-order valence-corrected chi connectivity index (χ0v) is 12.6. The maximum absolute atomic E-state index is 11.8. The van der Waals surface area contributed by atoms with E-state index in [0.29, 0.717) is 19.4 Å². The number of amides is 1. The monoisotopic (exact) mass is 331 g/mol. The minimum absolute atomic E-state index is 0.279. The molecule has 1 aliphatic rings. The van der Waals surface area contributed by atoms with Crippen LogP contribution in [0.25, 0.3) is 0 Å². The topological polar surface area (TPSA) is 84.7 Å². The second-order valence-electron chi connectivity index (χ2n) is 4.33. The van der Waals surface area contributed by atoms with Crippen molar-refractivity contribution in [1.29, 1.82) is 0 Å². The first-order chi connectivity index (χ1) is 8.70. The van der Waals surface area contributed by atoms with Gasteiger partial charge in [-0.2, -0.15) is 0 Å². The minimum atomic E-state index is -1.65. The molecule has 1 saturated heterocycles. The summed E-state index contributed by atoms with van der Waals surface area (Å²) in [6, 6.07) is -1.27. The predicted molar refractivity (Wildman–Crippen MR) is 72.8 cm³/mol. The van der Waals surface area contributed by atoms with Gasteiger partial charge in [-0.3, -0.25) is 14.6 Å². The van der Waals surface area contributed by atoms with E-state index in [2.05, 4.69) is 5.43 Å². The van der Waals surface area contributed by atoms with Gasteiger partial charge in [0.1, 0.15) is 12.6 Å². The maximum Gasteiger partial charge on any atom is 0.325 e. The number of nitrogens with one attached hydrogen (secondary N) is 1. The Balaban J connectivity index is 2.50. The first kappa shape index (κ1) is 16.8. The Hall–Kier alpha value is -0.270. The van der Waals surface area contributed by atoms with Crippen LogP contribution in [0, 0.1) is 0 Å². The summed E-state index contributed by atoms with van der Waals surface area (Å²) in [4.78, 5) is 23.5. The van der Waals surface area contributed by atoms with Gasteiger partial charge < -0.3 is 10.5 Å². The van der Waals surface area contributed by atoms with E-state index in [1.54, 1.807) is 6.92 Å². The summed E-state index contributed by atoms with van der Waals surface area (Å²) in [5.41, 5.74) is 8.27. The number of hydrogen-bond acceptors (Lipinski definition) is 5. The fraction of sp³-hybridized carbons (Fsp3) is 0.800. The van der Waals surface area contributed by atoms with Crippen molar-refractivity contribution < 1.29 is 14.3 Å². The van der Waals surface area contributed by atoms with Crippen molar-refractivity contribution >= 4 is 46.7 Å². The van der Waals surface area contributed by atoms with Gasteiger partial charge >= 0.3 is 5.97 Å². The Bertz CT molecular complexity index is 347. The SMILES string of the molecule is CC(N)C(=O)N1CCCC(C(=O)OCC(Cl)(Cl)Cl)N1. The Kier molecular flexibility index (Phi) is 6.14. The van der Waals surface area contributed by atoms with Gasteiger partial charge in [0.25, 0.3) is 5.91 Å². The number of carbonyl (C=O) groups excluding carboxylic acids is 2. The van der Waals surface area contributed by atoms with Crippen molar-refractivity contribution in [1.82, 2.24) is 10.4 Å². The van der Waals surface area contributed by atoms with Crippen LogP contribution in [0.4, 0.5) is 0 Å². The molecule has 1 amide bonds. The van der Waals surface area contributed by atoms with Crippen LogP contribution in [-0.4, -0.2) is 45.9 Å². The largest absolute Gasteiger partial charge is 0.460 e. The minimum Gasteiger partial charge on any atom is -0.460 e. The molecule has 19 heavy (non-hydrogen) atoms. The molecule has 9 heteroatoms.